The number of benzene rings is 1. The summed E-state index contributed by atoms with van der Waals surface area (Å²) in [5, 5.41) is 13.8. The molecular weight excluding hydrogens is 358 g/mol. The van der Waals surface area contributed by atoms with Crippen LogP contribution in [0.4, 0.5) is 5.00 Å². The lowest BCUT2D eigenvalue weighted by Crippen LogP contribution is -2.18. The van der Waals surface area contributed by atoms with Crippen molar-refractivity contribution in [3.63, 3.8) is 0 Å². The van der Waals surface area contributed by atoms with Crippen molar-refractivity contribution in [3.05, 3.63) is 47.3 Å². The van der Waals surface area contributed by atoms with Crippen LogP contribution in [0.15, 0.2) is 46.9 Å². The number of thioether (sulfide) groups is 1. The normalized spacial score (nSPS) is 10.6. The third kappa shape index (κ3) is 3.89. The standard InChI is InChI=1S/C16H15N5O2S2/c1-21-14(10-5-3-2-4-6-10)19-20-16(21)25-9-12(22)18-15-11(13(17)23)7-8-24-15/h2-8H,9H2,1H3,(H2,17,23)(H,18,22). The number of amides is 2. The molecule has 3 N–H and O–H groups in total. The number of aromatic nitrogens is 3. The summed E-state index contributed by atoms with van der Waals surface area (Å²) in [5.74, 6) is 0.0821. The van der Waals surface area contributed by atoms with Gasteiger partial charge in [-0.05, 0) is 11.4 Å². The molecule has 25 heavy (non-hydrogen) atoms. The first-order chi connectivity index (χ1) is 12.1. The first-order valence-electron chi connectivity index (χ1n) is 7.31. The minimum Gasteiger partial charge on any atom is -0.366 e. The van der Waals surface area contributed by atoms with Crippen LogP contribution in [0.5, 0.6) is 0 Å². The first kappa shape index (κ1) is 17.2. The van der Waals surface area contributed by atoms with Crippen molar-refractivity contribution in [1.29, 1.82) is 0 Å². The Morgan fingerprint density at radius 2 is 2.00 bits per heavy atom. The maximum absolute atomic E-state index is 12.1. The largest absolute Gasteiger partial charge is 0.366 e. The molecule has 0 aliphatic rings. The van der Waals surface area contributed by atoms with Crippen molar-refractivity contribution in [3.8, 4) is 11.4 Å². The Hall–Kier alpha value is -2.65. The number of anilines is 1. The van der Waals surface area contributed by atoms with Gasteiger partial charge in [0.2, 0.25) is 5.91 Å². The molecule has 9 heteroatoms. The maximum Gasteiger partial charge on any atom is 0.251 e. The van der Waals surface area contributed by atoms with E-state index in [2.05, 4.69) is 15.5 Å². The summed E-state index contributed by atoms with van der Waals surface area (Å²) in [7, 11) is 1.85. The van der Waals surface area contributed by atoms with Crippen molar-refractivity contribution in [2.75, 3.05) is 11.1 Å². The van der Waals surface area contributed by atoms with Gasteiger partial charge in [0.25, 0.3) is 5.91 Å². The second-order valence-corrected chi connectivity index (χ2v) is 6.95. The number of nitrogens with zero attached hydrogens (tertiary/aromatic N) is 3. The molecule has 0 radical (unpaired) electrons. The average molecular weight is 373 g/mol. The Morgan fingerprint density at radius 3 is 2.72 bits per heavy atom. The van der Waals surface area contributed by atoms with Crippen molar-refractivity contribution in [2.45, 2.75) is 5.16 Å². The first-order valence-corrected chi connectivity index (χ1v) is 9.17. The fraction of sp³-hybridized carbons (Fsp3) is 0.125. The predicted molar refractivity (Wildman–Crippen MR) is 98.6 cm³/mol. The molecule has 0 aliphatic carbocycles. The van der Waals surface area contributed by atoms with Crippen molar-refractivity contribution in [2.24, 2.45) is 12.8 Å². The lowest BCUT2D eigenvalue weighted by Gasteiger charge is -2.05. The highest BCUT2D eigenvalue weighted by Gasteiger charge is 2.15. The van der Waals surface area contributed by atoms with Crippen LogP contribution >= 0.6 is 23.1 Å². The summed E-state index contributed by atoms with van der Waals surface area (Å²) in [6.45, 7) is 0. The van der Waals surface area contributed by atoms with E-state index < -0.39 is 5.91 Å². The van der Waals surface area contributed by atoms with Crippen LogP contribution in [0, 0.1) is 0 Å². The van der Waals surface area contributed by atoms with Gasteiger partial charge in [-0.1, -0.05) is 42.1 Å². The molecule has 0 saturated carbocycles. The van der Waals surface area contributed by atoms with E-state index in [0.717, 1.165) is 11.4 Å². The van der Waals surface area contributed by atoms with E-state index in [9.17, 15) is 9.59 Å². The highest BCUT2D eigenvalue weighted by atomic mass is 32.2. The Labute approximate surface area is 152 Å². The summed E-state index contributed by atoms with van der Waals surface area (Å²) in [4.78, 5) is 23.4. The molecule has 2 amide bonds. The predicted octanol–water partition coefficient (Wildman–Crippen LogP) is 2.37. The molecule has 1 aromatic carbocycles. The van der Waals surface area contributed by atoms with Crippen LogP contribution in [0.1, 0.15) is 10.4 Å². The van der Waals surface area contributed by atoms with Crippen LogP contribution in [0.2, 0.25) is 0 Å². The number of hydrogen-bond donors (Lipinski definition) is 2. The fourth-order valence-corrected chi connectivity index (χ4v) is 3.69. The minimum atomic E-state index is -0.565. The lowest BCUT2D eigenvalue weighted by molar-refractivity contribution is -0.113. The number of hydrogen-bond acceptors (Lipinski definition) is 6. The molecule has 0 unspecified atom stereocenters. The van der Waals surface area contributed by atoms with Gasteiger partial charge in [0.15, 0.2) is 11.0 Å². The number of primary amides is 1. The third-order valence-corrected chi connectivity index (χ3v) is 5.23. The highest BCUT2D eigenvalue weighted by Crippen LogP contribution is 2.25. The summed E-state index contributed by atoms with van der Waals surface area (Å²) < 4.78 is 1.84. The van der Waals surface area contributed by atoms with Gasteiger partial charge < -0.3 is 15.6 Å². The van der Waals surface area contributed by atoms with Gasteiger partial charge in [0.05, 0.1) is 11.3 Å². The van der Waals surface area contributed by atoms with E-state index in [1.807, 2.05) is 41.9 Å². The Bertz CT molecular complexity index is 904. The molecule has 3 rings (SSSR count). The zero-order valence-electron chi connectivity index (χ0n) is 13.3. The Balaban J connectivity index is 1.64. The quantitative estimate of drug-likeness (QED) is 0.646. The fourth-order valence-electron chi connectivity index (χ4n) is 2.17. The summed E-state index contributed by atoms with van der Waals surface area (Å²) >= 11 is 2.53. The monoisotopic (exact) mass is 373 g/mol. The van der Waals surface area contributed by atoms with Crippen LogP contribution < -0.4 is 11.1 Å². The number of carbonyl (C=O) groups is 2. The second-order valence-electron chi connectivity index (χ2n) is 5.10. The van der Waals surface area contributed by atoms with Crippen LogP contribution in [-0.4, -0.2) is 32.3 Å². The van der Waals surface area contributed by atoms with E-state index in [1.165, 1.54) is 23.1 Å². The highest BCUT2D eigenvalue weighted by molar-refractivity contribution is 7.99. The molecule has 128 valence electrons. The van der Waals surface area contributed by atoms with Crippen molar-refractivity contribution < 1.29 is 9.59 Å². The number of nitrogens with one attached hydrogen (secondary N) is 1. The molecule has 2 aromatic heterocycles. The molecule has 0 fully saturated rings. The molecule has 3 aromatic rings. The number of rotatable bonds is 6. The van der Waals surface area contributed by atoms with Crippen molar-refractivity contribution in [1.82, 2.24) is 14.8 Å². The smallest absolute Gasteiger partial charge is 0.251 e. The van der Waals surface area contributed by atoms with Crippen molar-refractivity contribution >= 4 is 39.9 Å². The number of nitrogens with two attached hydrogens (primary N) is 1. The van der Waals surface area contributed by atoms with Gasteiger partial charge in [0.1, 0.15) is 5.00 Å². The Kier molecular flexibility index (Phi) is 5.15. The van der Waals surface area contributed by atoms with Crippen LogP contribution in [0.3, 0.4) is 0 Å². The van der Waals surface area contributed by atoms with Gasteiger partial charge in [0, 0.05) is 12.6 Å². The molecule has 2 heterocycles. The van der Waals surface area contributed by atoms with Gasteiger partial charge in [-0.2, -0.15) is 0 Å². The van der Waals surface area contributed by atoms with E-state index >= 15 is 0 Å². The number of carbonyl (C=O) groups excluding carboxylic acids is 2. The molecular formula is C16H15N5O2S2. The van der Waals surface area contributed by atoms with Gasteiger partial charge in [-0.25, -0.2) is 0 Å². The van der Waals surface area contributed by atoms with Crippen LogP contribution in [-0.2, 0) is 11.8 Å². The Morgan fingerprint density at radius 1 is 1.24 bits per heavy atom. The minimum absolute atomic E-state index is 0.150. The van der Waals surface area contributed by atoms with Gasteiger partial charge >= 0.3 is 0 Å². The molecule has 0 atom stereocenters. The maximum atomic E-state index is 12.1. The van der Waals surface area contributed by atoms with E-state index in [1.54, 1.807) is 11.4 Å². The zero-order chi connectivity index (χ0) is 17.8. The lowest BCUT2D eigenvalue weighted by atomic mass is 10.2. The zero-order valence-corrected chi connectivity index (χ0v) is 14.9. The topological polar surface area (TPSA) is 103 Å². The van der Waals surface area contributed by atoms with Gasteiger partial charge in [-0.15, -0.1) is 21.5 Å². The second kappa shape index (κ2) is 7.49. The summed E-state index contributed by atoms with van der Waals surface area (Å²) in [6, 6.07) is 11.3. The molecule has 0 bridgehead atoms. The van der Waals surface area contributed by atoms with Gasteiger partial charge in [-0.3, -0.25) is 9.59 Å². The van der Waals surface area contributed by atoms with Crippen LogP contribution in [0.25, 0.3) is 11.4 Å². The third-order valence-electron chi connectivity index (χ3n) is 3.38. The number of thiophene rings is 1. The van der Waals surface area contributed by atoms with E-state index in [-0.39, 0.29) is 11.7 Å². The molecule has 7 nitrogen and oxygen atoms in total. The molecule has 0 spiro atoms. The SMILES string of the molecule is Cn1c(SCC(=O)Nc2sccc2C(N)=O)nnc1-c1ccccc1. The summed E-state index contributed by atoms with van der Waals surface area (Å²) in [5.41, 5.74) is 6.54. The van der Waals surface area contributed by atoms with E-state index in [4.69, 9.17) is 5.73 Å². The average Bonchev–Trinajstić information content (AvgIpc) is 3.20. The molecule has 0 saturated heterocycles. The summed E-state index contributed by atoms with van der Waals surface area (Å²) in [6.07, 6.45) is 0. The van der Waals surface area contributed by atoms with E-state index in [0.29, 0.717) is 15.7 Å². The molecule has 0 aliphatic heterocycles.